The Morgan fingerprint density at radius 3 is 2.68 bits per heavy atom. The number of aromatic nitrogens is 4. The number of H-pyrrole nitrogens is 1. The third-order valence-corrected chi connectivity index (χ3v) is 7.23. The molecule has 10 heteroatoms. The standard InChI is InChI=1S/C24H30F2N6O2/c1-17-14-29(10-11-30(17)16-18-2-6-24(25,26)7-3-18)15-19-4-9-32-20(12-19)21(13-27-32)31-8-5-22(33)28-23(31)34/h4-5,8-9,12-13,17-18H,2-3,6-7,10-11,14-16H2,1H3,(H,28,33,34)/t17-/m0/s1. The van der Waals surface area contributed by atoms with Crippen LogP contribution in [-0.2, 0) is 6.54 Å². The van der Waals surface area contributed by atoms with Crippen LogP contribution >= 0.6 is 0 Å². The molecular weight excluding hydrogens is 442 g/mol. The summed E-state index contributed by atoms with van der Waals surface area (Å²) < 4.78 is 30.0. The second kappa shape index (κ2) is 9.07. The predicted octanol–water partition coefficient (Wildman–Crippen LogP) is 2.51. The lowest BCUT2D eigenvalue weighted by atomic mass is 9.86. The van der Waals surface area contributed by atoms with Gasteiger partial charge < -0.3 is 0 Å². The van der Waals surface area contributed by atoms with Gasteiger partial charge in [-0.05, 0) is 43.4 Å². The first-order chi connectivity index (χ1) is 16.3. The number of rotatable bonds is 5. The van der Waals surface area contributed by atoms with Crippen LogP contribution in [0.15, 0.2) is 46.4 Å². The van der Waals surface area contributed by atoms with Crippen LogP contribution in [0.4, 0.5) is 8.78 Å². The second-order valence-corrected chi connectivity index (χ2v) is 9.75. The minimum absolute atomic E-state index is 0.0241. The van der Waals surface area contributed by atoms with Crippen molar-refractivity contribution in [2.24, 2.45) is 5.92 Å². The van der Waals surface area contributed by atoms with Crippen molar-refractivity contribution in [3.05, 3.63) is 63.2 Å². The fourth-order valence-electron chi connectivity index (χ4n) is 5.26. The lowest BCUT2D eigenvalue weighted by molar-refractivity contribution is -0.0521. The van der Waals surface area contributed by atoms with Crippen LogP contribution < -0.4 is 11.2 Å². The first-order valence-electron chi connectivity index (χ1n) is 11.9. The largest absolute Gasteiger partial charge is 0.333 e. The number of piperazine rings is 1. The topological polar surface area (TPSA) is 78.6 Å². The minimum Gasteiger partial charge on any atom is -0.298 e. The van der Waals surface area contributed by atoms with E-state index in [0.717, 1.165) is 43.8 Å². The zero-order valence-electron chi connectivity index (χ0n) is 19.3. The SMILES string of the molecule is C[C@H]1CN(Cc2ccn3ncc(-n4ccc(=O)[nH]c4=O)c3c2)CCN1CC1CCC(F)(F)CC1. The number of nitrogens with zero attached hydrogens (tertiary/aromatic N) is 5. The highest BCUT2D eigenvalue weighted by atomic mass is 19.3. The molecule has 2 aliphatic rings. The highest BCUT2D eigenvalue weighted by molar-refractivity contribution is 5.64. The molecule has 0 unspecified atom stereocenters. The molecule has 1 saturated carbocycles. The second-order valence-electron chi connectivity index (χ2n) is 9.75. The monoisotopic (exact) mass is 472 g/mol. The van der Waals surface area contributed by atoms with Crippen molar-refractivity contribution in [3.63, 3.8) is 0 Å². The van der Waals surface area contributed by atoms with Gasteiger partial charge in [-0.2, -0.15) is 5.10 Å². The van der Waals surface area contributed by atoms with E-state index in [2.05, 4.69) is 26.8 Å². The van der Waals surface area contributed by atoms with Gasteiger partial charge in [-0.3, -0.25) is 24.1 Å². The summed E-state index contributed by atoms with van der Waals surface area (Å²) in [6, 6.07) is 5.73. The third-order valence-electron chi connectivity index (χ3n) is 7.23. The van der Waals surface area contributed by atoms with Crippen molar-refractivity contribution in [1.82, 2.24) is 29.0 Å². The fraction of sp³-hybridized carbons (Fsp3) is 0.542. The van der Waals surface area contributed by atoms with Crippen LogP contribution in [0.2, 0.25) is 0 Å². The first-order valence-corrected chi connectivity index (χ1v) is 11.9. The Labute approximate surface area is 195 Å². The molecule has 0 amide bonds. The third kappa shape index (κ3) is 4.83. The van der Waals surface area contributed by atoms with Gasteiger partial charge in [0.05, 0.1) is 17.4 Å². The van der Waals surface area contributed by atoms with Crippen LogP contribution in [0.3, 0.4) is 0 Å². The summed E-state index contributed by atoms with van der Waals surface area (Å²) in [4.78, 5) is 30.8. The predicted molar refractivity (Wildman–Crippen MR) is 125 cm³/mol. The number of alkyl halides is 2. The van der Waals surface area contributed by atoms with Gasteiger partial charge in [0, 0.05) is 70.1 Å². The normalized spacial score (nSPS) is 22.4. The van der Waals surface area contributed by atoms with Gasteiger partial charge in [-0.25, -0.2) is 18.1 Å². The van der Waals surface area contributed by atoms with E-state index in [4.69, 9.17) is 0 Å². The van der Waals surface area contributed by atoms with Crippen molar-refractivity contribution in [2.45, 2.75) is 51.1 Å². The number of nitrogens with one attached hydrogen (secondary N) is 1. The van der Waals surface area contributed by atoms with Gasteiger partial charge >= 0.3 is 5.69 Å². The fourth-order valence-corrected chi connectivity index (χ4v) is 5.26. The van der Waals surface area contributed by atoms with Gasteiger partial charge in [0.25, 0.3) is 5.56 Å². The molecule has 1 aliphatic heterocycles. The summed E-state index contributed by atoms with van der Waals surface area (Å²) in [5.74, 6) is -2.10. The molecule has 0 bridgehead atoms. The van der Waals surface area contributed by atoms with Crippen molar-refractivity contribution in [1.29, 1.82) is 0 Å². The van der Waals surface area contributed by atoms with E-state index < -0.39 is 17.2 Å². The zero-order valence-corrected chi connectivity index (χ0v) is 19.3. The van der Waals surface area contributed by atoms with E-state index in [0.29, 0.717) is 30.5 Å². The van der Waals surface area contributed by atoms with E-state index in [1.54, 1.807) is 10.7 Å². The number of hydrogen-bond donors (Lipinski definition) is 1. The lowest BCUT2D eigenvalue weighted by Crippen LogP contribution is -2.52. The van der Waals surface area contributed by atoms with Crippen molar-refractivity contribution >= 4 is 5.52 Å². The summed E-state index contributed by atoms with van der Waals surface area (Å²) in [6.45, 7) is 6.66. The van der Waals surface area contributed by atoms with Gasteiger partial charge in [-0.15, -0.1) is 0 Å². The van der Waals surface area contributed by atoms with Crippen molar-refractivity contribution < 1.29 is 8.78 Å². The van der Waals surface area contributed by atoms with Gasteiger partial charge in [0.1, 0.15) is 0 Å². The molecule has 1 N–H and O–H groups in total. The molecule has 8 nitrogen and oxygen atoms in total. The molecule has 1 atom stereocenters. The van der Waals surface area contributed by atoms with Crippen LogP contribution in [0.5, 0.6) is 0 Å². The Balaban J connectivity index is 1.24. The summed E-state index contributed by atoms with van der Waals surface area (Å²) in [6.07, 6.45) is 6.23. The first kappa shape index (κ1) is 22.9. The van der Waals surface area contributed by atoms with E-state index in [1.165, 1.54) is 16.8 Å². The molecule has 34 heavy (non-hydrogen) atoms. The van der Waals surface area contributed by atoms with E-state index >= 15 is 0 Å². The molecular formula is C24H30F2N6O2. The molecule has 3 aromatic heterocycles. The Kier molecular flexibility index (Phi) is 6.11. The molecule has 1 saturated heterocycles. The maximum Gasteiger partial charge on any atom is 0.333 e. The van der Waals surface area contributed by atoms with Crippen LogP contribution in [0, 0.1) is 5.92 Å². The van der Waals surface area contributed by atoms with E-state index in [-0.39, 0.29) is 12.8 Å². The van der Waals surface area contributed by atoms with Crippen LogP contribution in [0.25, 0.3) is 11.2 Å². The highest BCUT2D eigenvalue weighted by Gasteiger charge is 2.36. The van der Waals surface area contributed by atoms with E-state index in [1.807, 2.05) is 18.3 Å². The number of aromatic amines is 1. The van der Waals surface area contributed by atoms with Crippen molar-refractivity contribution in [2.75, 3.05) is 26.2 Å². The van der Waals surface area contributed by atoms with Gasteiger partial charge in [0.2, 0.25) is 5.92 Å². The molecule has 5 rings (SSSR count). The van der Waals surface area contributed by atoms with Gasteiger partial charge in [-0.1, -0.05) is 0 Å². The molecule has 0 radical (unpaired) electrons. The Hall–Kier alpha value is -2.85. The molecule has 3 aromatic rings. The number of pyridine rings is 1. The number of halogens is 2. The molecule has 1 aliphatic carbocycles. The summed E-state index contributed by atoms with van der Waals surface area (Å²) in [7, 11) is 0. The molecule has 0 spiro atoms. The molecule has 4 heterocycles. The molecule has 2 fully saturated rings. The van der Waals surface area contributed by atoms with Gasteiger partial charge in [0.15, 0.2) is 0 Å². The molecule has 0 aromatic carbocycles. The van der Waals surface area contributed by atoms with Crippen LogP contribution in [0.1, 0.15) is 38.2 Å². The summed E-state index contributed by atoms with van der Waals surface area (Å²) in [5.41, 5.74) is 1.57. The summed E-state index contributed by atoms with van der Waals surface area (Å²) in [5, 5.41) is 4.33. The maximum atomic E-state index is 13.5. The zero-order chi connectivity index (χ0) is 23.9. The average Bonchev–Trinajstić information content (AvgIpc) is 3.20. The summed E-state index contributed by atoms with van der Waals surface area (Å²) >= 11 is 0. The molecule has 182 valence electrons. The Bertz CT molecular complexity index is 1270. The van der Waals surface area contributed by atoms with Crippen molar-refractivity contribution in [3.8, 4) is 5.69 Å². The Morgan fingerprint density at radius 2 is 1.94 bits per heavy atom. The van der Waals surface area contributed by atoms with Crippen LogP contribution in [-0.4, -0.2) is 67.1 Å². The number of hydrogen-bond acceptors (Lipinski definition) is 5. The minimum atomic E-state index is -2.47. The maximum absolute atomic E-state index is 13.5. The average molecular weight is 473 g/mol. The quantitative estimate of drug-likeness (QED) is 0.618. The number of fused-ring (bicyclic) bond motifs is 1. The highest BCUT2D eigenvalue weighted by Crippen LogP contribution is 2.36. The lowest BCUT2D eigenvalue weighted by Gasteiger charge is -2.42. The van der Waals surface area contributed by atoms with E-state index in [9.17, 15) is 18.4 Å². The Morgan fingerprint density at radius 1 is 1.15 bits per heavy atom. The smallest absolute Gasteiger partial charge is 0.298 e.